The highest BCUT2D eigenvalue weighted by Crippen LogP contribution is 2.38. The molecule has 0 aromatic heterocycles. The fraction of sp³-hybridized carbons (Fsp3) is 0.882. The van der Waals surface area contributed by atoms with Gasteiger partial charge in [0.25, 0.3) is 0 Å². The molecular formula is C17H33NO4Si. The molecule has 6 heteroatoms. The van der Waals surface area contributed by atoms with Crippen LogP contribution in [0.15, 0.2) is 0 Å². The van der Waals surface area contributed by atoms with Gasteiger partial charge in [-0.15, -0.1) is 0 Å². The highest BCUT2D eigenvalue weighted by Gasteiger charge is 2.42. The predicted molar refractivity (Wildman–Crippen MR) is 93.7 cm³/mol. The van der Waals surface area contributed by atoms with Gasteiger partial charge in [0, 0.05) is 25.0 Å². The third kappa shape index (κ3) is 5.04. The standard InChI is InChI=1S/C17H33NO4Si/c1-16(2,3)23(7,8)22-12-17(4,5)11-18-13(15(20)21-6)9-10-14(18)19/h13H,9-12H2,1-8H3/t13-/m0/s1. The van der Waals surface area contributed by atoms with Gasteiger partial charge >= 0.3 is 5.97 Å². The molecule has 0 unspecified atom stereocenters. The molecule has 1 rings (SSSR count). The minimum atomic E-state index is -1.83. The lowest BCUT2D eigenvalue weighted by atomic mass is 9.94. The van der Waals surface area contributed by atoms with Gasteiger partial charge in [-0.1, -0.05) is 34.6 Å². The lowest BCUT2D eigenvalue weighted by molar-refractivity contribution is -0.150. The molecule has 0 N–H and O–H groups in total. The van der Waals surface area contributed by atoms with Gasteiger partial charge in [-0.05, 0) is 24.6 Å². The van der Waals surface area contributed by atoms with E-state index in [1.807, 2.05) is 0 Å². The van der Waals surface area contributed by atoms with Crippen molar-refractivity contribution in [1.29, 1.82) is 0 Å². The summed E-state index contributed by atoms with van der Waals surface area (Å²) >= 11 is 0. The Morgan fingerprint density at radius 2 is 1.83 bits per heavy atom. The smallest absolute Gasteiger partial charge is 0.328 e. The Bertz CT molecular complexity index is 454. The number of ether oxygens (including phenoxy) is 1. The lowest BCUT2D eigenvalue weighted by Gasteiger charge is -2.40. The molecule has 0 aromatic carbocycles. The Morgan fingerprint density at radius 3 is 2.30 bits per heavy atom. The second-order valence-electron chi connectivity index (χ2n) is 8.81. The van der Waals surface area contributed by atoms with Crippen LogP contribution < -0.4 is 0 Å². The van der Waals surface area contributed by atoms with Crippen molar-refractivity contribution < 1.29 is 18.8 Å². The summed E-state index contributed by atoms with van der Waals surface area (Å²) in [6, 6.07) is -0.445. The van der Waals surface area contributed by atoms with E-state index in [4.69, 9.17) is 9.16 Å². The van der Waals surface area contributed by atoms with Crippen LogP contribution in [0, 0.1) is 5.41 Å². The van der Waals surface area contributed by atoms with E-state index in [1.165, 1.54) is 7.11 Å². The predicted octanol–water partition coefficient (Wildman–Crippen LogP) is 3.20. The van der Waals surface area contributed by atoms with Crippen molar-refractivity contribution in [2.24, 2.45) is 5.41 Å². The second kappa shape index (κ2) is 6.93. The molecule has 0 saturated carbocycles. The maximum absolute atomic E-state index is 12.1. The number of carbonyl (C=O) groups excluding carboxylic acids is 2. The number of nitrogens with zero attached hydrogens (tertiary/aromatic N) is 1. The average molecular weight is 344 g/mol. The van der Waals surface area contributed by atoms with Crippen molar-refractivity contribution in [3.05, 3.63) is 0 Å². The fourth-order valence-electron chi connectivity index (χ4n) is 2.41. The van der Waals surface area contributed by atoms with Crippen LogP contribution in [0.4, 0.5) is 0 Å². The maximum atomic E-state index is 12.1. The zero-order valence-corrected chi connectivity index (χ0v) is 17.0. The zero-order valence-electron chi connectivity index (χ0n) is 16.0. The summed E-state index contributed by atoms with van der Waals surface area (Å²) in [5, 5.41) is 0.154. The zero-order chi connectivity index (χ0) is 18.1. The van der Waals surface area contributed by atoms with E-state index >= 15 is 0 Å². The fourth-order valence-corrected chi connectivity index (χ4v) is 3.60. The molecule has 0 radical (unpaired) electrons. The summed E-state index contributed by atoms with van der Waals surface area (Å²) < 4.78 is 11.1. The molecule has 0 bridgehead atoms. The van der Waals surface area contributed by atoms with Crippen molar-refractivity contribution in [2.75, 3.05) is 20.3 Å². The summed E-state index contributed by atoms with van der Waals surface area (Å²) in [7, 11) is -0.458. The largest absolute Gasteiger partial charge is 0.467 e. The summed E-state index contributed by atoms with van der Waals surface area (Å²) in [6.45, 7) is 16.3. The molecule has 1 saturated heterocycles. The van der Waals surface area contributed by atoms with Crippen LogP contribution in [-0.2, 0) is 18.8 Å². The van der Waals surface area contributed by atoms with Crippen molar-refractivity contribution in [1.82, 2.24) is 4.90 Å². The normalized spacial score (nSPS) is 20.1. The number of methoxy groups -OCH3 is 1. The van der Waals surface area contributed by atoms with Gasteiger partial charge in [0.2, 0.25) is 5.91 Å². The Morgan fingerprint density at radius 1 is 1.26 bits per heavy atom. The average Bonchev–Trinajstić information content (AvgIpc) is 2.76. The highest BCUT2D eigenvalue weighted by atomic mass is 28.4. The lowest BCUT2D eigenvalue weighted by Crippen LogP contribution is -2.48. The van der Waals surface area contributed by atoms with E-state index in [-0.39, 0.29) is 22.3 Å². The SMILES string of the molecule is COC(=O)[C@@H]1CCC(=O)N1CC(C)(C)CO[Si](C)(C)C(C)(C)C. The monoisotopic (exact) mass is 343 g/mol. The maximum Gasteiger partial charge on any atom is 0.328 e. The van der Waals surface area contributed by atoms with Crippen LogP contribution in [0.2, 0.25) is 18.1 Å². The van der Waals surface area contributed by atoms with Crippen molar-refractivity contribution >= 4 is 20.2 Å². The van der Waals surface area contributed by atoms with Crippen LogP contribution in [0.1, 0.15) is 47.5 Å². The van der Waals surface area contributed by atoms with E-state index in [0.717, 1.165) is 0 Å². The Hall–Kier alpha value is -0.883. The van der Waals surface area contributed by atoms with Crippen LogP contribution in [0.3, 0.4) is 0 Å². The third-order valence-corrected chi connectivity index (χ3v) is 9.51. The van der Waals surface area contributed by atoms with E-state index in [2.05, 4.69) is 47.7 Å². The van der Waals surface area contributed by atoms with E-state index < -0.39 is 14.4 Å². The topological polar surface area (TPSA) is 55.8 Å². The molecule has 1 heterocycles. The number of carbonyl (C=O) groups is 2. The first-order valence-electron chi connectivity index (χ1n) is 8.32. The molecule has 0 spiro atoms. The first-order chi connectivity index (χ1) is 10.3. The molecule has 0 aliphatic carbocycles. The van der Waals surface area contributed by atoms with E-state index in [1.54, 1.807) is 4.90 Å². The van der Waals surface area contributed by atoms with Gasteiger partial charge in [-0.3, -0.25) is 4.79 Å². The number of rotatable bonds is 6. The quantitative estimate of drug-likeness (QED) is 0.549. The minimum absolute atomic E-state index is 0.0285. The number of hydrogen-bond donors (Lipinski definition) is 0. The molecule has 1 aliphatic rings. The summed E-state index contributed by atoms with van der Waals surface area (Å²) in [5.41, 5.74) is -0.207. The molecule has 1 atom stereocenters. The molecule has 0 aromatic rings. The Kier molecular flexibility index (Phi) is 6.07. The van der Waals surface area contributed by atoms with Gasteiger partial charge < -0.3 is 14.1 Å². The van der Waals surface area contributed by atoms with E-state index in [0.29, 0.717) is 26.0 Å². The summed E-state index contributed by atoms with van der Waals surface area (Å²) in [6.07, 6.45) is 0.962. The molecule has 1 aliphatic heterocycles. The van der Waals surface area contributed by atoms with Crippen LogP contribution in [0.5, 0.6) is 0 Å². The van der Waals surface area contributed by atoms with Crippen LogP contribution in [-0.4, -0.2) is 51.4 Å². The molecule has 23 heavy (non-hydrogen) atoms. The summed E-state index contributed by atoms with van der Waals surface area (Å²) in [5.74, 6) is -0.294. The Labute approximate surface area is 141 Å². The van der Waals surface area contributed by atoms with Crippen molar-refractivity contribution in [3.8, 4) is 0 Å². The van der Waals surface area contributed by atoms with Gasteiger partial charge in [0.15, 0.2) is 8.32 Å². The first-order valence-corrected chi connectivity index (χ1v) is 11.2. The van der Waals surface area contributed by atoms with Gasteiger partial charge in [-0.2, -0.15) is 0 Å². The third-order valence-electron chi connectivity index (χ3n) is 5.03. The van der Waals surface area contributed by atoms with Gasteiger partial charge in [-0.25, -0.2) is 4.79 Å². The molecule has 134 valence electrons. The van der Waals surface area contributed by atoms with Crippen LogP contribution in [0.25, 0.3) is 0 Å². The highest BCUT2D eigenvalue weighted by molar-refractivity contribution is 6.74. The number of hydrogen-bond acceptors (Lipinski definition) is 4. The Balaban J connectivity index is 2.73. The molecular weight excluding hydrogens is 310 g/mol. The minimum Gasteiger partial charge on any atom is -0.467 e. The molecule has 5 nitrogen and oxygen atoms in total. The van der Waals surface area contributed by atoms with Crippen LogP contribution >= 0.6 is 0 Å². The van der Waals surface area contributed by atoms with Gasteiger partial charge in [0.1, 0.15) is 6.04 Å². The van der Waals surface area contributed by atoms with E-state index in [9.17, 15) is 9.59 Å². The molecule has 1 fully saturated rings. The van der Waals surface area contributed by atoms with Crippen molar-refractivity contribution in [2.45, 2.75) is 71.6 Å². The summed E-state index contributed by atoms with van der Waals surface area (Å²) in [4.78, 5) is 25.7. The second-order valence-corrected chi connectivity index (χ2v) is 13.6. The number of likely N-dealkylation sites (tertiary alicyclic amines) is 1. The van der Waals surface area contributed by atoms with Crippen molar-refractivity contribution in [3.63, 3.8) is 0 Å². The van der Waals surface area contributed by atoms with Gasteiger partial charge in [0.05, 0.1) is 7.11 Å². The number of esters is 1. The number of amides is 1. The first kappa shape index (κ1) is 20.2. The molecule has 1 amide bonds.